The summed E-state index contributed by atoms with van der Waals surface area (Å²) in [6.07, 6.45) is 1.12. The van der Waals surface area contributed by atoms with E-state index in [1.807, 2.05) is 0 Å². The number of pyridine rings is 1. The third-order valence-corrected chi connectivity index (χ3v) is 5.89. The molecule has 0 aliphatic carbocycles. The summed E-state index contributed by atoms with van der Waals surface area (Å²) in [6, 6.07) is 3.74. The molecule has 0 aliphatic heterocycles. The summed E-state index contributed by atoms with van der Waals surface area (Å²) in [6.45, 7) is 1.00. The Hall–Kier alpha value is -1.26. The number of carbonyl (C=O) groups excluding carboxylic acids is 1. The van der Waals surface area contributed by atoms with E-state index in [0.29, 0.717) is 0 Å². The minimum Gasteiger partial charge on any atom is -0.476 e. The van der Waals surface area contributed by atoms with Crippen LogP contribution in [-0.4, -0.2) is 41.4 Å². The average Bonchev–Trinajstić information content (AvgIpc) is 2.36. The van der Waals surface area contributed by atoms with Crippen LogP contribution in [0.3, 0.4) is 0 Å². The van der Waals surface area contributed by atoms with Crippen molar-refractivity contribution in [2.24, 2.45) is 0 Å². The van der Waals surface area contributed by atoms with Crippen LogP contribution in [0.2, 0.25) is 0 Å². The van der Waals surface area contributed by atoms with Gasteiger partial charge in [0.1, 0.15) is 0 Å². The Morgan fingerprint density at radius 3 is 1.88 bits per heavy atom. The van der Waals surface area contributed by atoms with Crippen molar-refractivity contribution in [3.05, 3.63) is 24.4 Å². The van der Waals surface area contributed by atoms with Gasteiger partial charge in [0.15, 0.2) is 5.44 Å². The molecule has 136 valence electrons. The number of Topliss-reactive ketones (excluding diaryl/α,β-unsaturated/α-hetero) is 1. The maximum Gasteiger partial charge on any atom is 0.488 e. The zero-order valence-electron chi connectivity index (χ0n) is 11.7. The van der Waals surface area contributed by atoms with Crippen molar-refractivity contribution in [3.63, 3.8) is 0 Å². The fraction of sp³-hybridized carbons (Fsp3) is 0.125. The Balaban J connectivity index is 0.000000754. The van der Waals surface area contributed by atoms with Crippen molar-refractivity contribution >= 4 is 40.4 Å². The van der Waals surface area contributed by atoms with E-state index < -0.39 is 40.4 Å². The number of phosphoric acid groups is 2. The molecule has 0 fully saturated rings. The summed E-state index contributed by atoms with van der Waals surface area (Å²) in [5, 5.41) is 7.64. The quantitative estimate of drug-likeness (QED) is 0.304. The fourth-order valence-corrected chi connectivity index (χ4v) is 4.26. The molecule has 5 N–H and O–H groups in total. The van der Waals surface area contributed by atoms with E-state index >= 15 is 0 Å². The highest BCUT2D eigenvalue weighted by atomic mass is 31.3. The molecule has 0 spiro atoms. The topological polar surface area (TPSA) is 218 Å². The van der Waals surface area contributed by atoms with Gasteiger partial charge in [-0.2, -0.15) is 4.31 Å². The third kappa shape index (κ3) is 9.78. The molecule has 0 saturated heterocycles. The number of nitrogens with zero attached hydrogens (tertiary/aromatic N) is 1. The van der Waals surface area contributed by atoms with Gasteiger partial charge >= 0.3 is 29.2 Å². The first-order valence-electron chi connectivity index (χ1n) is 5.45. The molecule has 24 heavy (non-hydrogen) atoms. The molecule has 16 heteroatoms. The number of carboxylic acid groups (broad SMARTS) is 1. The van der Waals surface area contributed by atoms with Crippen LogP contribution in [0.15, 0.2) is 24.4 Å². The van der Waals surface area contributed by atoms with E-state index in [1.54, 1.807) is 0 Å². The summed E-state index contributed by atoms with van der Waals surface area (Å²) in [5.41, 5.74) is -0.575. The summed E-state index contributed by atoms with van der Waals surface area (Å²) >= 11 is 0. The van der Waals surface area contributed by atoms with Crippen LogP contribution >= 0.6 is 23.2 Å². The molecule has 1 heterocycles. The van der Waals surface area contributed by atoms with Gasteiger partial charge in [0.25, 0.3) is 0 Å². The lowest BCUT2D eigenvalue weighted by atomic mass is 10.5. The summed E-state index contributed by atoms with van der Waals surface area (Å²) in [7, 11) is -15.6. The number of hydrogen-bond donors (Lipinski definition) is 5. The molecule has 0 bridgehead atoms. The van der Waals surface area contributed by atoms with Crippen LogP contribution in [0.5, 0.6) is 0 Å². The molecule has 13 nitrogen and oxygen atoms in total. The summed E-state index contributed by atoms with van der Waals surface area (Å²) < 4.78 is 40.2. The number of hydrogen-bond acceptors (Lipinski definition) is 8. The van der Waals surface area contributed by atoms with Gasteiger partial charge in [-0.3, -0.25) is 9.36 Å². The normalized spacial score (nSPS) is 16.0. The van der Waals surface area contributed by atoms with Crippen molar-refractivity contribution in [1.82, 2.24) is 4.98 Å². The van der Waals surface area contributed by atoms with Crippen LogP contribution in [0.4, 0.5) is 0 Å². The van der Waals surface area contributed by atoms with Gasteiger partial charge in [0, 0.05) is 13.1 Å². The molecular weight excluding hydrogens is 395 g/mol. The highest BCUT2D eigenvalue weighted by Crippen LogP contribution is 2.65. The second kappa shape index (κ2) is 8.72. The monoisotopic (exact) mass is 407 g/mol. The molecule has 1 rings (SSSR count). The number of ketones is 1. The second-order valence-corrected chi connectivity index (χ2v) is 8.42. The first kappa shape index (κ1) is 22.7. The minimum absolute atomic E-state index is 0.575. The third-order valence-electron chi connectivity index (χ3n) is 1.66. The Morgan fingerprint density at radius 2 is 1.54 bits per heavy atom. The Labute approximate surface area is 134 Å². The molecule has 0 aromatic carbocycles. The number of rotatable bonds is 6. The predicted octanol–water partition coefficient (Wildman–Crippen LogP) is -0.221. The first-order chi connectivity index (χ1) is 10.7. The van der Waals surface area contributed by atoms with Gasteiger partial charge in [-0.05, 0) is 12.1 Å². The molecule has 1 aromatic rings. The Kier molecular flexibility index (Phi) is 8.27. The van der Waals surface area contributed by atoms with Gasteiger partial charge in [-0.25, -0.2) is 23.2 Å². The highest BCUT2D eigenvalue weighted by Gasteiger charge is 2.41. The molecular formula is C8H12NO12P3. The van der Waals surface area contributed by atoms with Crippen LogP contribution in [0, 0.1) is 0 Å². The smallest absolute Gasteiger partial charge is 0.476 e. The highest BCUT2D eigenvalue weighted by molar-refractivity contribution is 7.71. The van der Waals surface area contributed by atoms with Gasteiger partial charge in [0.2, 0.25) is 5.78 Å². The molecule has 0 radical (unpaired) electrons. The van der Waals surface area contributed by atoms with Crippen molar-refractivity contribution in [1.29, 1.82) is 0 Å². The van der Waals surface area contributed by atoms with Crippen molar-refractivity contribution < 1.29 is 56.6 Å². The molecule has 2 atom stereocenters. The lowest BCUT2D eigenvalue weighted by Gasteiger charge is -2.15. The zero-order chi connectivity index (χ0) is 19.2. The van der Waals surface area contributed by atoms with Crippen molar-refractivity contribution in [3.8, 4) is 0 Å². The average molecular weight is 407 g/mol. The van der Waals surface area contributed by atoms with Gasteiger partial charge in [0.05, 0.1) is 0 Å². The largest absolute Gasteiger partial charge is 0.488 e. The van der Waals surface area contributed by atoms with Crippen molar-refractivity contribution in [2.75, 3.05) is 0 Å². The minimum atomic E-state index is -5.42. The molecule has 0 aliphatic rings. The van der Waals surface area contributed by atoms with Crippen LogP contribution < -0.4 is 5.44 Å². The molecule has 0 saturated carbocycles. The van der Waals surface area contributed by atoms with Crippen LogP contribution in [0.1, 0.15) is 6.92 Å². The zero-order valence-corrected chi connectivity index (χ0v) is 14.4. The second-order valence-electron chi connectivity index (χ2n) is 3.69. The molecule has 1 aromatic heterocycles. The summed E-state index contributed by atoms with van der Waals surface area (Å²) in [4.78, 5) is 57.2. The van der Waals surface area contributed by atoms with E-state index in [2.05, 4.69) is 13.6 Å². The van der Waals surface area contributed by atoms with Gasteiger partial charge < -0.3 is 24.7 Å². The Bertz CT molecular complexity index is 715. The number of aromatic nitrogens is 1. The number of aliphatic carboxylic acids is 1. The molecule has 2 unspecified atom stereocenters. The Morgan fingerprint density at radius 1 is 1.04 bits per heavy atom. The summed E-state index contributed by atoms with van der Waals surface area (Å²) in [5.74, 6) is -2.20. The van der Waals surface area contributed by atoms with Crippen LogP contribution in [-0.2, 0) is 31.9 Å². The first-order valence-corrected chi connectivity index (χ1v) is 10.1. The van der Waals surface area contributed by atoms with E-state index in [-0.39, 0.29) is 0 Å². The van der Waals surface area contributed by atoms with Crippen molar-refractivity contribution in [2.45, 2.75) is 6.92 Å². The predicted molar refractivity (Wildman–Crippen MR) is 76.1 cm³/mol. The van der Waals surface area contributed by atoms with Crippen LogP contribution in [0.25, 0.3) is 0 Å². The maximum atomic E-state index is 11.5. The number of carboxylic acids is 1. The van der Waals surface area contributed by atoms with Gasteiger partial charge in [-0.15, -0.1) is 0 Å². The number of carbonyl (C=O) groups is 2. The van der Waals surface area contributed by atoms with E-state index in [1.165, 1.54) is 12.1 Å². The van der Waals surface area contributed by atoms with E-state index in [9.17, 15) is 28.2 Å². The lowest BCUT2D eigenvalue weighted by molar-refractivity contribution is -0.148. The maximum absolute atomic E-state index is 11.5. The molecule has 0 amide bonds. The SMILES string of the molecule is CC(=O)C(=O)O.O=P(O)(O)OP(=O)(O)OP(=O)(O)c1ccccn1. The van der Waals surface area contributed by atoms with E-state index in [4.69, 9.17) is 19.8 Å². The fourth-order valence-electron chi connectivity index (χ4n) is 0.852. The lowest BCUT2D eigenvalue weighted by Crippen LogP contribution is -2.10. The van der Waals surface area contributed by atoms with Gasteiger partial charge in [-0.1, -0.05) is 6.07 Å². The standard InChI is InChI=1S/C5H8NO9P3.C3H4O3/c7-16(8,5-3-1-2-4-6-5)14-18(12,13)15-17(9,10)11;1-2(4)3(5)6/h1-4H,(H,7,8)(H,12,13)(H2,9,10,11);1H3,(H,5,6). The van der Waals surface area contributed by atoms with E-state index in [0.717, 1.165) is 19.2 Å².